The van der Waals surface area contributed by atoms with Crippen molar-refractivity contribution in [3.63, 3.8) is 0 Å². The molecule has 1 N–H and O–H groups in total. The number of rotatable bonds is 2. The molecule has 1 fully saturated rings. The third-order valence-corrected chi connectivity index (χ3v) is 2.87. The Labute approximate surface area is 91.6 Å². The third-order valence-electron chi connectivity index (χ3n) is 2.87. The van der Waals surface area contributed by atoms with E-state index in [-0.39, 0.29) is 0 Å². The van der Waals surface area contributed by atoms with Crippen molar-refractivity contribution in [3.05, 3.63) is 29.8 Å². The molecule has 1 heterocycles. The first-order valence-corrected chi connectivity index (χ1v) is 5.69. The molecule has 1 aliphatic rings. The molecule has 15 heavy (non-hydrogen) atoms. The lowest BCUT2D eigenvalue weighted by atomic mass is 10.0. The molecule has 1 saturated heterocycles. The summed E-state index contributed by atoms with van der Waals surface area (Å²) < 4.78 is 5.53. The molecule has 0 aliphatic carbocycles. The van der Waals surface area contributed by atoms with Gasteiger partial charge in [0.15, 0.2) is 0 Å². The lowest BCUT2D eigenvalue weighted by Gasteiger charge is -2.28. The van der Waals surface area contributed by atoms with Crippen molar-refractivity contribution < 1.29 is 4.74 Å². The van der Waals surface area contributed by atoms with Gasteiger partial charge in [-0.15, -0.1) is 0 Å². The molecule has 1 aromatic carbocycles. The van der Waals surface area contributed by atoms with Crippen molar-refractivity contribution in [1.82, 2.24) is 0 Å². The van der Waals surface area contributed by atoms with Gasteiger partial charge in [0.25, 0.3) is 0 Å². The number of anilines is 1. The number of aryl methyl sites for hydroxylation is 1. The van der Waals surface area contributed by atoms with Gasteiger partial charge in [-0.2, -0.15) is 0 Å². The summed E-state index contributed by atoms with van der Waals surface area (Å²) in [6.45, 7) is 5.15. The summed E-state index contributed by atoms with van der Waals surface area (Å²) in [7, 11) is 0. The number of hydrogen-bond donors (Lipinski definition) is 1. The summed E-state index contributed by atoms with van der Waals surface area (Å²) in [6.07, 6.45) is 2.60. The van der Waals surface area contributed by atoms with Crippen LogP contribution >= 0.6 is 0 Å². The SMILES string of the molecule is Cc1cccc(NC2CCO[C@@H](C)C2)c1. The second-order valence-electron chi connectivity index (χ2n) is 4.42. The zero-order chi connectivity index (χ0) is 10.7. The molecule has 2 nitrogen and oxygen atoms in total. The van der Waals surface area contributed by atoms with Crippen LogP contribution < -0.4 is 5.32 Å². The predicted octanol–water partition coefficient (Wildman–Crippen LogP) is 2.97. The summed E-state index contributed by atoms with van der Waals surface area (Å²) in [6, 6.07) is 9.11. The zero-order valence-electron chi connectivity index (χ0n) is 9.49. The van der Waals surface area contributed by atoms with Gasteiger partial charge in [0.1, 0.15) is 0 Å². The Bertz CT molecular complexity index is 324. The van der Waals surface area contributed by atoms with Gasteiger partial charge >= 0.3 is 0 Å². The van der Waals surface area contributed by atoms with Crippen LogP contribution in [0.1, 0.15) is 25.3 Å². The van der Waals surface area contributed by atoms with Gasteiger partial charge < -0.3 is 10.1 Å². The first-order valence-electron chi connectivity index (χ1n) is 5.69. The summed E-state index contributed by atoms with van der Waals surface area (Å²) in [5.41, 5.74) is 2.54. The summed E-state index contributed by atoms with van der Waals surface area (Å²) >= 11 is 0. The Kier molecular flexibility index (Phi) is 3.27. The van der Waals surface area contributed by atoms with E-state index >= 15 is 0 Å². The molecule has 0 saturated carbocycles. The third kappa shape index (κ3) is 2.96. The van der Waals surface area contributed by atoms with Crippen molar-refractivity contribution in [2.24, 2.45) is 0 Å². The summed E-state index contributed by atoms with van der Waals surface area (Å²) in [5.74, 6) is 0. The maximum Gasteiger partial charge on any atom is 0.0566 e. The molecule has 0 aromatic heterocycles. The molecule has 0 spiro atoms. The summed E-state index contributed by atoms with van der Waals surface area (Å²) in [5, 5.41) is 3.57. The Hall–Kier alpha value is -1.02. The Balaban J connectivity index is 1.96. The highest BCUT2D eigenvalue weighted by Gasteiger charge is 2.18. The van der Waals surface area contributed by atoms with Gasteiger partial charge in [-0.3, -0.25) is 0 Å². The van der Waals surface area contributed by atoms with E-state index in [1.807, 2.05) is 0 Å². The first kappa shape index (κ1) is 10.5. The first-order chi connectivity index (χ1) is 7.24. The van der Waals surface area contributed by atoms with Crippen LogP contribution in [0.3, 0.4) is 0 Å². The van der Waals surface area contributed by atoms with E-state index < -0.39 is 0 Å². The van der Waals surface area contributed by atoms with Crippen LogP contribution in [0.5, 0.6) is 0 Å². The van der Waals surface area contributed by atoms with Crippen LogP contribution in [0.15, 0.2) is 24.3 Å². The second-order valence-corrected chi connectivity index (χ2v) is 4.42. The zero-order valence-corrected chi connectivity index (χ0v) is 9.49. The molecular weight excluding hydrogens is 186 g/mol. The van der Waals surface area contributed by atoms with Crippen LogP contribution in [0, 0.1) is 6.92 Å². The minimum absolute atomic E-state index is 0.390. The van der Waals surface area contributed by atoms with Gasteiger partial charge in [-0.1, -0.05) is 12.1 Å². The van der Waals surface area contributed by atoms with Crippen LogP contribution in [0.2, 0.25) is 0 Å². The van der Waals surface area contributed by atoms with Crippen molar-refractivity contribution in [2.75, 3.05) is 11.9 Å². The average molecular weight is 205 g/mol. The highest BCUT2D eigenvalue weighted by Crippen LogP contribution is 2.19. The van der Waals surface area contributed by atoms with Gasteiger partial charge in [0, 0.05) is 18.3 Å². The number of benzene rings is 1. The Morgan fingerprint density at radius 2 is 2.27 bits per heavy atom. The molecular formula is C13H19NO. The molecule has 2 heteroatoms. The maximum absolute atomic E-state index is 5.53. The molecule has 0 bridgehead atoms. The molecule has 2 rings (SSSR count). The fraction of sp³-hybridized carbons (Fsp3) is 0.538. The standard InChI is InChI=1S/C13H19NO/c1-10-4-3-5-12(8-10)14-13-6-7-15-11(2)9-13/h3-5,8,11,13-14H,6-7,9H2,1-2H3/t11-,13?/m0/s1. The number of nitrogens with one attached hydrogen (secondary N) is 1. The summed E-state index contributed by atoms with van der Waals surface area (Å²) in [4.78, 5) is 0. The molecule has 0 radical (unpaired) electrons. The fourth-order valence-corrected chi connectivity index (χ4v) is 2.10. The van der Waals surface area contributed by atoms with E-state index in [4.69, 9.17) is 4.74 Å². The van der Waals surface area contributed by atoms with Crippen molar-refractivity contribution in [1.29, 1.82) is 0 Å². The van der Waals surface area contributed by atoms with Crippen molar-refractivity contribution >= 4 is 5.69 Å². The smallest absolute Gasteiger partial charge is 0.0566 e. The van der Waals surface area contributed by atoms with Crippen molar-refractivity contribution in [3.8, 4) is 0 Å². The van der Waals surface area contributed by atoms with E-state index in [1.54, 1.807) is 0 Å². The van der Waals surface area contributed by atoms with Crippen LogP contribution in [-0.4, -0.2) is 18.8 Å². The van der Waals surface area contributed by atoms with E-state index in [0.717, 1.165) is 19.4 Å². The van der Waals surface area contributed by atoms with E-state index in [9.17, 15) is 0 Å². The highest BCUT2D eigenvalue weighted by atomic mass is 16.5. The largest absolute Gasteiger partial charge is 0.382 e. The minimum atomic E-state index is 0.390. The lowest BCUT2D eigenvalue weighted by molar-refractivity contribution is 0.0232. The topological polar surface area (TPSA) is 21.3 Å². The van der Waals surface area contributed by atoms with Gasteiger partial charge in [0.2, 0.25) is 0 Å². The number of ether oxygens (including phenoxy) is 1. The van der Waals surface area contributed by atoms with Gasteiger partial charge in [-0.05, 0) is 44.4 Å². The van der Waals surface area contributed by atoms with Crippen LogP contribution in [0.25, 0.3) is 0 Å². The molecule has 1 unspecified atom stereocenters. The van der Waals surface area contributed by atoms with E-state index in [0.29, 0.717) is 12.1 Å². The van der Waals surface area contributed by atoms with Crippen molar-refractivity contribution in [2.45, 2.75) is 38.8 Å². The highest BCUT2D eigenvalue weighted by molar-refractivity contribution is 5.46. The lowest BCUT2D eigenvalue weighted by Crippen LogP contribution is -2.32. The second kappa shape index (κ2) is 4.67. The average Bonchev–Trinajstić information content (AvgIpc) is 2.17. The molecule has 0 amide bonds. The van der Waals surface area contributed by atoms with E-state index in [2.05, 4.69) is 43.4 Å². The van der Waals surface area contributed by atoms with Gasteiger partial charge in [0.05, 0.1) is 6.10 Å². The normalized spacial score (nSPS) is 26.3. The van der Waals surface area contributed by atoms with Crippen LogP contribution in [-0.2, 0) is 4.74 Å². The molecule has 1 aromatic rings. The van der Waals surface area contributed by atoms with E-state index in [1.165, 1.54) is 11.3 Å². The number of hydrogen-bond acceptors (Lipinski definition) is 2. The Morgan fingerprint density at radius 3 is 3.00 bits per heavy atom. The quantitative estimate of drug-likeness (QED) is 0.801. The monoisotopic (exact) mass is 205 g/mol. The molecule has 2 atom stereocenters. The fourth-order valence-electron chi connectivity index (χ4n) is 2.10. The Morgan fingerprint density at radius 1 is 1.40 bits per heavy atom. The van der Waals surface area contributed by atoms with Gasteiger partial charge in [-0.25, -0.2) is 0 Å². The molecule has 1 aliphatic heterocycles. The minimum Gasteiger partial charge on any atom is -0.382 e. The molecule has 82 valence electrons. The predicted molar refractivity (Wildman–Crippen MR) is 63.2 cm³/mol. The van der Waals surface area contributed by atoms with Crippen LogP contribution in [0.4, 0.5) is 5.69 Å². The maximum atomic E-state index is 5.53.